The second kappa shape index (κ2) is 4.74. The Kier molecular flexibility index (Phi) is 3.17. The van der Waals surface area contributed by atoms with Gasteiger partial charge in [0.2, 0.25) is 5.52 Å². The lowest BCUT2D eigenvalue weighted by molar-refractivity contribution is -0.644. The molecule has 4 aromatic rings. The van der Waals surface area contributed by atoms with Gasteiger partial charge in [-0.1, -0.05) is 18.2 Å². The van der Waals surface area contributed by atoms with E-state index in [0.717, 1.165) is 0 Å². The van der Waals surface area contributed by atoms with E-state index in [1.807, 2.05) is 0 Å². The van der Waals surface area contributed by atoms with Crippen LogP contribution in [0.1, 0.15) is 0 Å². The summed E-state index contributed by atoms with van der Waals surface area (Å²) in [6.07, 6.45) is 2.11. The predicted molar refractivity (Wildman–Crippen MR) is 79.1 cm³/mol. The summed E-state index contributed by atoms with van der Waals surface area (Å²) in [7, 11) is 4.25. The van der Waals surface area contributed by atoms with Crippen molar-refractivity contribution in [1.82, 2.24) is 4.57 Å². The number of pyridine rings is 1. The number of rotatable bonds is 0. The van der Waals surface area contributed by atoms with Crippen molar-refractivity contribution in [2.75, 3.05) is 0 Å². The number of nitrogens with zero attached hydrogens (tertiary/aromatic N) is 2. The number of halogens is 1. The van der Waals surface area contributed by atoms with E-state index in [2.05, 4.69) is 78.0 Å². The third-order valence-corrected chi connectivity index (χ3v) is 4.02. The molecular formula is C17H15IN2. The van der Waals surface area contributed by atoms with Gasteiger partial charge in [0.15, 0.2) is 6.20 Å². The van der Waals surface area contributed by atoms with Crippen molar-refractivity contribution in [3.63, 3.8) is 0 Å². The molecule has 0 atom stereocenters. The zero-order chi connectivity index (χ0) is 13.0. The van der Waals surface area contributed by atoms with Crippen LogP contribution in [0.4, 0.5) is 0 Å². The third kappa shape index (κ3) is 1.66. The molecule has 20 heavy (non-hydrogen) atoms. The maximum atomic E-state index is 2.27. The van der Waals surface area contributed by atoms with Crippen molar-refractivity contribution in [1.29, 1.82) is 0 Å². The van der Waals surface area contributed by atoms with Crippen molar-refractivity contribution in [2.24, 2.45) is 14.1 Å². The highest BCUT2D eigenvalue weighted by Crippen LogP contribution is 2.32. The Labute approximate surface area is 134 Å². The summed E-state index contributed by atoms with van der Waals surface area (Å²) in [5.74, 6) is 0. The molecule has 0 saturated carbocycles. The van der Waals surface area contributed by atoms with E-state index < -0.39 is 0 Å². The van der Waals surface area contributed by atoms with Crippen LogP contribution >= 0.6 is 0 Å². The average Bonchev–Trinajstić information content (AvgIpc) is 2.73. The molecule has 4 rings (SSSR count). The molecule has 0 bridgehead atoms. The Balaban J connectivity index is 0.00000121. The van der Waals surface area contributed by atoms with Gasteiger partial charge in [-0.25, -0.2) is 4.57 Å². The summed E-state index contributed by atoms with van der Waals surface area (Å²) >= 11 is 0. The summed E-state index contributed by atoms with van der Waals surface area (Å²) in [5.41, 5.74) is 3.88. The maximum Gasteiger partial charge on any atom is 0.222 e. The molecule has 0 aliphatic carbocycles. The lowest BCUT2D eigenvalue weighted by atomic mass is 10.1. The van der Waals surface area contributed by atoms with Crippen LogP contribution in [0.15, 0.2) is 54.7 Å². The van der Waals surface area contributed by atoms with Crippen molar-refractivity contribution in [3.8, 4) is 0 Å². The monoisotopic (exact) mass is 374 g/mol. The summed E-state index contributed by atoms with van der Waals surface area (Å²) in [5, 5.41) is 3.96. The smallest absolute Gasteiger partial charge is 0.222 e. The molecule has 0 spiro atoms. The number of aryl methyl sites for hydroxylation is 2. The van der Waals surface area contributed by atoms with Gasteiger partial charge < -0.3 is 28.5 Å². The molecule has 0 radical (unpaired) electrons. The van der Waals surface area contributed by atoms with Crippen LogP contribution < -0.4 is 28.5 Å². The third-order valence-electron chi connectivity index (χ3n) is 4.02. The highest BCUT2D eigenvalue weighted by atomic mass is 127. The van der Waals surface area contributed by atoms with Crippen LogP contribution in [0, 0.1) is 0 Å². The summed E-state index contributed by atoms with van der Waals surface area (Å²) < 4.78 is 4.49. The van der Waals surface area contributed by atoms with Crippen molar-refractivity contribution < 1.29 is 28.5 Å². The van der Waals surface area contributed by atoms with Gasteiger partial charge >= 0.3 is 0 Å². The molecule has 0 fully saturated rings. The second-order valence-electron chi connectivity index (χ2n) is 5.09. The van der Waals surface area contributed by atoms with Crippen LogP contribution in [-0.4, -0.2) is 4.57 Å². The van der Waals surface area contributed by atoms with E-state index >= 15 is 0 Å². The minimum atomic E-state index is 0. The number of hydrogen-bond donors (Lipinski definition) is 0. The summed E-state index contributed by atoms with van der Waals surface area (Å²) in [4.78, 5) is 0. The van der Waals surface area contributed by atoms with Gasteiger partial charge in [-0.05, 0) is 24.3 Å². The zero-order valence-electron chi connectivity index (χ0n) is 11.5. The highest BCUT2D eigenvalue weighted by Gasteiger charge is 2.16. The van der Waals surface area contributed by atoms with Crippen molar-refractivity contribution >= 4 is 32.7 Å². The van der Waals surface area contributed by atoms with Gasteiger partial charge in [0.25, 0.3) is 0 Å². The van der Waals surface area contributed by atoms with Crippen molar-refractivity contribution in [3.05, 3.63) is 54.7 Å². The topological polar surface area (TPSA) is 8.81 Å². The van der Waals surface area contributed by atoms with Crippen molar-refractivity contribution in [2.45, 2.75) is 0 Å². The second-order valence-corrected chi connectivity index (χ2v) is 5.09. The van der Waals surface area contributed by atoms with E-state index in [1.54, 1.807) is 0 Å². The molecule has 0 N–H and O–H groups in total. The van der Waals surface area contributed by atoms with Gasteiger partial charge in [0.05, 0.1) is 10.9 Å². The average molecular weight is 374 g/mol. The fraction of sp³-hybridized carbons (Fsp3) is 0.118. The molecule has 3 heteroatoms. The molecule has 0 amide bonds. The number of benzene rings is 2. The fourth-order valence-corrected chi connectivity index (χ4v) is 3.11. The zero-order valence-corrected chi connectivity index (χ0v) is 13.6. The van der Waals surface area contributed by atoms with Gasteiger partial charge in [0.1, 0.15) is 7.05 Å². The molecule has 0 aliphatic heterocycles. The van der Waals surface area contributed by atoms with E-state index in [1.165, 1.54) is 32.7 Å². The highest BCUT2D eigenvalue weighted by molar-refractivity contribution is 6.18. The van der Waals surface area contributed by atoms with Gasteiger partial charge in [-0.15, -0.1) is 0 Å². The first-order valence-corrected chi connectivity index (χ1v) is 6.52. The first kappa shape index (κ1) is 13.4. The number of para-hydroxylation sites is 1. The van der Waals surface area contributed by atoms with Crippen LogP contribution in [0.5, 0.6) is 0 Å². The Morgan fingerprint density at radius 1 is 0.900 bits per heavy atom. The first-order valence-electron chi connectivity index (χ1n) is 6.52. The van der Waals surface area contributed by atoms with Gasteiger partial charge in [-0.2, -0.15) is 0 Å². The molecule has 100 valence electrons. The van der Waals surface area contributed by atoms with Crippen LogP contribution in [-0.2, 0) is 14.1 Å². The largest absolute Gasteiger partial charge is 1.00 e. The Hall–Kier alpha value is -1.62. The summed E-state index contributed by atoms with van der Waals surface area (Å²) in [6, 6.07) is 17.3. The van der Waals surface area contributed by atoms with E-state index in [-0.39, 0.29) is 24.0 Å². The molecule has 2 heterocycles. The quantitative estimate of drug-likeness (QED) is 0.310. The Morgan fingerprint density at radius 2 is 1.70 bits per heavy atom. The SMILES string of the molecule is Cn1c2ccccc2c2c1ccc1ccc[n+](C)c12.[I-]. The minimum absolute atomic E-state index is 0. The van der Waals surface area contributed by atoms with E-state index in [9.17, 15) is 0 Å². The molecule has 0 aliphatic rings. The Morgan fingerprint density at radius 3 is 2.55 bits per heavy atom. The summed E-state index contributed by atoms with van der Waals surface area (Å²) in [6.45, 7) is 0. The van der Waals surface area contributed by atoms with Gasteiger partial charge in [0, 0.05) is 29.4 Å². The predicted octanol–water partition coefficient (Wildman–Crippen LogP) is 0.313. The van der Waals surface area contributed by atoms with E-state index in [4.69, 9.17) is 0 Å². The fourth-order valence-electron chi connectivity index (χ4n) is 3.11. The Bertz CT molecular complexity index is 938. The minimum Gasteiger partial charge on any atom is -1.00 e. The molecule has 2 aromatic heterocycles. The maximum absolute atomic E-state index is 2.27. The number of hydrogen-bond acceptors (Lipinski definition) is 0. The normalized spacial score (nSPS) is 11.1. The lowest BCUT2D eigenvalue weighted by Gasteiger charge is -2.00. The number of aromatic nitrogens is 2. The molecule has 0 unspecified atom stereocenters. The van der Waals surface area contributed by atoms with E-state index in [0.29, 0.717) is 0 Å². The molecule has 2 nitrogen and oxygen atoms in total. The van der Waals surface area contributed by atoms with Crippen LogP contribution in [0.3, 0.4) is 0 Å². The first-order chi connectivity index (χ1) is 9.27. The standard InChI is InChI=1S/C17H15N2.HI/c1-18-11-5-6-12-9-10-15-16(17(12)18)13-7-3-4-8-14(13)19(15)2;/h3-11H,1-2H3;1H/q+1;/p-1. The van der Waals surface area contributed by atoms with Crippen LogP contribution in [0.2, 0.25) is 0 Å². The van der Waals surface area contributed by atoms with Crippen LogP contribution in [0.25, 0.3) is 32.7 Å². The molecular weight excluding hydrogens is 359 g/mol. The molecule has 2 aromatic carbocycles. The van der Waals surface area contributed by atoms with Gasteiger partial charge in [-0.3, -0.25) is 0 Å². The number of fused-ring (bicyclic) bond motifs is 5. The lowest BCUT2D eigenvalue weighted by Crippen LogP contribution is -3.00. The molecule has 0 saturated heterocycles.